The number of hydrogen-bond donors (Lipinski definition) is 0. The fourth-order valence-electron chi connectivity index (χ4n) is 1.12. The molecule has 0 saturated carbocycles. The number of aromatic nitrogens is 2. The summed E-state index contributed by atoms with van der Waals surface area (Å²) >= 11 is 9.98. The molecule has 0 aromatic carbocycles. The predicted octanol–water partition coefficient (Wildman–Crippen LogP) is 3.76. The van der Waals surface area contributed by atoms with Crippen LogP contribution < -0.4 is 4.90 Å². The van der Waals surface area contributed by atoms with Gasteiger partial charge < -0.3 is 4.90 Å². The van der Waals surface area contributed by atoms with E-state index in [0.717, 1.165) is 19.4 Å². The van der Waals surface area contributed by atoms with Crippen molar-refractivity contribution in [1.29, 1.82) is 0 Å². The van der Waals surface area contributed by atoms with Gasteiger partial charge in [0.1, 0.15) is 0 Å². The Balaban J connectivity index is 2.06. The van der Waals surface area contributed by atoms with Gasteiger partial charge in [-0.2, -0.15) is 0 Å². The van der Waals surface area contributed by atoms with Gasteiger partial charge in [-0.1, -0.05) is 11.3 Å². The highest BCUT2D eigenvalue weighted by atomic mass is 79.9. The van der Waals surface area contributed by atoms with Crippen molar-refractivity contribution in [2.45, 2.75) is 6.54 Å². The Labute approximate surface area is 112 Å². The van der Waals surface area contributed by atoms with Crippen molar-refractivity contribution in [3.05, 3.63) is 24.7 Å². The fourth-order valence-corrected chi connectivity index (χ4v) is 3.37. The van der Waals surface area contributed by atoms with E-state index in [9.17, 15) is 0 Å². The molecule has 0 amide bonds. The summed E-state index contributed by atoms with van der Waals surface area (Å²) in [6.45, 7) is 0.851. The van der Waals surface area contributed by atoms with Gasteiger partial charge in [-0.15, -0.1) is 21.5 Å². The number of anilines is 1. The van der Waals surface area contributed by atoms with Crippen molar-refractivity contribution in [2.75, 3.05) is 11.9 Å². The van der Waals surface area contributed by atoms with Gasteiger partial charge in [0.15, 0.2) is 3.92 Å². The molecule has 0 saturated heterocycles. The van der Waals surface area contributed by atoms with Crippen LogP contribution in [0.3, 0.4) is 0 Å². The Hall–Kier alpha value is 0.0200. The second-order valence-electron chi connectivity index (χ2n) is 2.95. The molecule has 0 aliphatic carbocycles. The zero-order valence-corrected chi connectivity index (χ0v) is 12.6. The SMILES string of the molecule is CN(Cc1csc(Br)c1)c1nnc(Br)s1. The lowest BCUT2D eigenvalue weighted by Gasteiger charge is -2.13. The monoisotopic (exact) mass is 367 g/mol. The second kappa shape index (κ2) is 4.90. The van der Waals surface area contributed by atoms with Crippen LogP contribution in [0.5, 0.6) is 0 Å². The molecule has 2 aromatic heterocycles. The minimum atomic E-state index is 0.816. The van der Waals surface area contributed by atoms with Crippen LogP contribution in [0.1, 0.15) is 5.56 Å². The van der Waals surface area contributed by atoms with Crippen LogP contribution in [-0.2, 0) is 6.54 Å². The van der Waals surface area contributed by atoms with Crippen molar-refractivity contribution in [3.8, 4) is 0 Å². The molecule has 0 aliphatic heterocycles. The number of nitrogens with zero attached hydrogens (tertiary/aromatic N) is 3. The maximum Gasteiger partial charge on any atom is 0.209 e. The Morgan fingerprint density at radius 1 is 1.40 bits per heavy atom. The first-order valence-electron chi connectivity index (χ1n) is 4.08. The molecule has 0 radical (unpaired) electrons. The summed E-state index contributed by atoms with van der Waals surface area (Å²) in [4.78, 5) is 2.08. The minimum Gasteiger partial charge on any atom is -0.345 e. The quantitative estimate of drug-likeness (QED) is 0.825. The first-order valence-corrected chi connectivity index (χ1v) is 7.36. The first-order chi connectivity index (χ1) is 7.15. The van der Waals surface area contributed by atoms with Crippen LogP contribution in [0, 0.1) is 0 Å². The van der Waals surface area contributed by atoms with E-state index < -0.39 is 0 Å². The fraction of sp³-hybridized carbons (Fsp3) is 0.250. The van der Waals surface area contributed by atoms with Crippen molar-refractivity contribution in [2.24, 2.45) is 0 Å². The van der Waals surface area contributed by atoms with E-state index in [4.69, 9.17) is 0 Å². The van der Waals surface area contributed by atoms with Gasteiger partial charge in [-0.25, -0.2) is 0 Å². The molecule has 0 fully saturated rings. The number of thiophene rings is 1. The Morgan fingerprint density at radius 2 is 2.20 bits per heavy atom. The van der Waals surface area contributed by atoms with Crippen molar-refractivity contribution < 1.29 is 0 Å². The lowest BCUT2D eigenvalue weighted by Crippen LogP contribution is -2.15. The van der Waals surface area contributed by atoms with E-state index in [1.807, 2.05) is 7.05 Å². The van der Waals surface area contributed by atoms with Crippen LogP contribution >= 0.6 is 54.5 Å². The van der Waals surface area contributed by atoms with Gasteiger partial charge in [0.25, 0.3) is 0 Å². The Morgan fingerprint density at radius 3 is 2.73 bits per heavy atom. The Kier molecular flexibility index (Phi) is 3.76. The molecule has 2 rings (SSSR count). The van der Waals surface area contributed by atoms with Crippen molar-refractivity contribution >= 4 is 59.7 Å². The summed E-state index contributed by atoms with van der Waals surface area (Å²) in [6, 6.07) is 2.12. The normalized spacial score (nSPS) is 10.6. The molecule has 2 heterocycles. The lowest BCUT2D eigenvalue weighted by atomic mass is 10.3. The molecular weight excluding hydrogens is 362 g/mol. The van der Waals surface area contributed by atoms with Crippen molar-refractivity contribution in [1.82, 2.24) is 10.2 Å². The average molecular weight is 369 g/mol. The third-order valence-corrected chi connectivity index (χ3v) is 4.78. The molecule has 2 aromatic rings. The number of halogens is 2. The van der Waals surface area contributed by atoms with Gasteiger partial charge in [-0.3, -0.25) is 0 Å². The van der Waals surface area contributed by atoms with Gasteiger partial charge in [-0.05, 0) is 48.9 Å². The summed E-state index contributed by atoms with van der Waals surface area (Å²) in [6.07, 6.45) is 0. The summed E-state index contributed by atoms with van der Waals surface area (Å²) in [7, 11) is 2.01. The average Bonchev–Trinajstić information content (AvgIpc) is 2.75. The van der Waals surface area contributed by atoms with Crippen LogP contribution in [0.4, 0.5) is 5.13 Å². The van der Waals surface area contributed by atoms with Gasteiger partial charge in [0.2, 0.25) is 5.13 Å². The highest BCUT2D eigenvalue weighted by Gasteiger charge is 2.08. The summed E-state index contributed by atoms with van der Waals surface area (Å²) in [5.41, 5.74) is 1.28. The second-order valence-corrected chi connectivity index (χ2v) is 7.48. The van der Waals surface area contributed by atoms with E-state index in [0.29, 0.717) is 0 Å². The van der Waals surface area contributed by atoms with Gasteiger partial charge in [0.05, 0.1) is 3.79 Å². The molecular formula is C8H7Br2N3S2. The molecule has 3 nitrogen and oxygen atoms in total. The lowest BCUT2D eigenvalue weighted by molar-refractivity contribution is 0.895. The van der Waals surface area contributed by atoms with Gasteiger partial charge in [0, 0.05) is 13.6 Å². The topological polar surface area (TPSA) is 29.0 Å². The standard InChI is InChI=1S/C8H7Br2N3S2/c1-13(8-12-11-7(10)15-8)3-5-2-6(9)14-4-5/h2,4H,3H2,1H3. The highest BCUT2D eigenvalue weighted by Crippen LogP contribution is 2.26. The van der Waals surface area contributed by atoms with E-state index >= 15 is 0 Å². The molecule has 7 heteroatoms. The van der Waals surface area contributed by atoms with Crippen LogP contribution in [-0.4, -0.2) is 17.2 Å². The maximum absolute atomic E-state index is 4.06. The first kappa shape index (κ1) is 11.5. The summed E-state index contributed by atoms with van der Waals surface area (Å²) < 4.78 is 1.97. The summed E-state index contributed by atoms with van der Waals surface area (Å²) in [5.74, 6) is 0. The number of hydrogen-bond acceptors (Lipinski definition) is 5. The van der Waals surface area contributed by atoms with Gasteiger partial charge >= 0.3 is 0 Å². The molecule has 0 atom stereocenters. The third kappa shape index (κ3) is 2.99. The molecule has 0 unspecified atom stereocenters. The maximum atomic E-state index is 4.06. The Bertz CT molecular complexity index is 454. The van der Waals surface area contributed by atoms with Crippen LogP contribution in [0.25, 0.3) is 0 Å². The van der Waals surface area contributed by atoms with Crippen LogP contribution in [0.2, 0.25) is 0 Å². The van der Waals surface area contributed by atoms with E-state index in [2.05, 4.69) is 58.4 Å². The molecule has 15 heavy (non-hydrogen) atoms. The molecule has 0 aliphatic rings. The molecule has 0 spiro atoms. The number of rotatable bonds is 3. The van der Waals surface area contributed by atoms with E-state index in [1.165, 1.54) is 16.9 Å². The third-order valence-electron chi connectivity index (χ3n) is 1.76. The molecule has 0 N–H and O–H groups in total. The molecule has 0 bridgehead atoms. The zero-order valence-electron chi connectivity index (χ0n) is 7.78. The van der Waals surface area contributed by atoms with Crippen LogP contribution in [0.15, 0.2) is 19.1 Å². The van der Waals surface area contributed by atoms with E-state index in [1.54, 1.807) is 11.3 Å². The minimum absolute atomic E-state index is 0.816. The predicted molar refractivity (Wildman–Crippen MR) is 71.7 cm³/mol. The molecule has 80 valence electrons. The van der Waals surface area contributed by atoms with Crippen molar-refractivity contribution in [3.63, 3.8) is 0 Å². The highest BCUT2D eigenvalue weighted by molar-refractivity contribution is 9.11. The largest absolute Gasteiger partial charge is 0.345 e. The van der Waals surface area contributed by atoms with E-state index in [-0.39, 0.29) is 0 Å². The smallest absolute Gasteiger partial charge is 0.209 e. The zero-order chi connectivity index (χ0) is 10.8. The summed E-state index contributed by atoms with van der Waals surface area (Å²) in [5, 5.41) is 11.0.